The molecular formula is C18H25ClN2OS. The Kier molecular flexibility index (Phi) is 5.55. The third-order valence-electron chi connectivity index (χ3n) is 5.10. The van der Waals surface area contributed by atoms with Gasteiger partial charge in [0.2, 0.25) is 5.91 Å². The number of rotatable bonds is 3. The van der Waals surface area contributed by atoms with E-state index in [1.807, 2.05) is 25.1 Å². The molecule has 1 spiro atoms. The lowest BCUT2D eigenvalue weighted by molar-refractivity contribution is -0.120. The van der Waals surface area contributed by atoms with Crippen LogP contribution in [0.4, 0.5) is 5.69 Å². The van der Waals surface area contributed by atoms with Crippen LogP contribution in [0.3, 0.4) is 0 Å². The predicted molar refractivity (Wildman–Crippen MR) is 99.4 cm³/mol. The van der Waals surface area contributed by atoms with Crippen molar-refractivity contribution in [3.63, 3.8) is 0 Å². The summed E-state index contributed by atoms with van der Waals surface area (Å²) >= 11 is 8.28. The van der Waals surface area contributed by atoms with E-state index in [0.29, 0.717) is 15.5 Å². The SMILES string of the molecule is CC(C(=O)Nc1ccccc1Cl)N1CCSC2(CCCCC2)C1. The summed E-state index contributed by atoms with van der Waals surface area (Å²) in [5.74, 6) is 1.17. The number of nitrogens with one attached hydrogen (secondary N) is 1. The van der Waals surface area contributed by atoms with Gasteiger partial charge in [-0.2, -0.15) is 11.8 Å². The van der Waals surface area contributed by atoms with Gasteiger partial charge in [-0.15, -0.1) is 0 Å². The number of carbonyl (C=O) groups excluding carboxylic acids is 1. The molecule has 126 valence electrons. The van der Waals surface area contributed by atoms with Gasteiger partial charge in [-0.1, -0.05) is 43.0 Å². The zero-order valence-electron chi connectivity index (χ0n) is 13.7. The second-order valence-electron chi connectivity index (χ2n) is 6.71. The number of hydrogen-bond donors (Lipinski definition) is 1. The first-order chi connectivity index (χ1) is 11.1. The summed E-state index contributed by atoms with van der Waals surface area (Å²) in [4.78, 5) is 15.0. The standard InChI is InChI=1S/C18H25ClN2OS/c1-14(17(22)20-16-8-4-3-7-15(16)19)21-11-12-23-18(13-21)9-5-2-6-10-18/h3-4,7-8,14H,2,5-6,9-13H2,1H3,(H,20,22). The van der Waals surface area contributed by atoms with Crippen LogP contribution in [-0.4, -0.2) is 40.4 Å². The average molecular weight is 353 g/mol. The van der Waals surface area contributed by atoms with Crippen molar-refractivity contribution in [2.45, 2.75) is 49.8 Å². The van der Waals surface area contributed by atoms with Crippen LogP contribution in [0.2, 0.25) is 5.02 Å². The number of nitrogens with zero attached hydrogens (tertiary/aromatic N) is 1. The van der Waals surface area contributed by atoms with E-state index in [1.165, 1.54) is 32.1 Å². The van der Waals surface area contributed by atoms with Crippen LogP contribution in [0.5, 0.6) is 0 Å². The Morgan fingerprint density at radius 3 is 2.78 bits per heavy atom. The minimum absolute atomic E-state index is 0.0379. The molecule has 1 aromatic rings. The van der Waals surface area contributed by atoms with Crippen molar-refractivity contribution in [2.75, 3.05) is 24.2 Å². The fourth-order valence-corrected chi connectivity index (χ4v) is 5.45. The fraction of sp³-hybridized carbons (Fsp3) is 0.611. The number of halogens is 1. The molecule has 23 heavy (non-hydrogen) atoms. The molecule has 1 heterocycles. The maximum atomic E-state index is 12.6. The first-order valence-electron chi connectivity index (χ1n) is 8.53. The van der Waals surface area contributed by atoms with E-state index in [-0.39, 0.29) is 11.9 Å². The van der Waals surface area contributed by atoms with Crippen LogP contribution in [-0.2, 0) is 4.79 Å². The molecule has 3 rings (SSSR count). The zero-order valence-corrected chi connectivity index (χ0v) is 15.3. The predicted octanol–water partition coefficient (Wildman–Crippen LogP) is 4.42. The van der Waals surface area contributed by atoms with Gasteiger partial charge in [0.05, 0.1) is 16.8 Å². The molecular weight excluding hydrogens is 328 g/mol. The second-order valence-corrected chi connectivity index (χ2v) is 8.68. The van der Waals surface area contributed by atoms with Gasteiger partial charge in [-0.25, -0.2) is 0 Å². The third kappa shape index (κ3) is 4.04. The lowest BCUT2D eigenvalue weighted by Gasteiger charge is -2.46. The Hall–Kier alpha value is -0.710. The highest BCUT2D eigenvalue weighted by Crippen LogP contribution is 2.43. The van der Waals surface area contributed by atoms with Crippen LogP contribution < -0.4 is 5.32 Å². The number of benzene rings is 1. The van der Waals surface area contributed by atoms with Gasteiger partial charge in [0.15, 0.2) is 0 Å². The molecule has 0 bridgehead atoms. The summed E-state index contributed by atoms with van der Waals surface area (Å²) in [5.41, 5.74) is 0.699. The molecule has 2 aliphatic rings. The summed E-state index contributed by atoms with van der Waals surface area (Å²) in [7, 11) is 0. The van der Waals surface area contributed by atoms with Crippen LogP contribution in [0.1, 0.15) is 39.0 Å². The van der Waals surface area contributed by atoms with Gasteiger partial charge in [-0.3, -0.25) is 9.69 Å². The van der Waals surface area contributed by atoms with Gasteiger partial charge < -0.3 is 5.32 Å². The van der Waals surface area contributed by atoms with Crippen LogP contribution in [0, 0.1) is 0 Å². The van der Waals surface area contributed by atoms with E-state index in [9.17, 15) is 4.79 Å². The summed E-state index contributed by atoms with van der Waals surface area (Å²) in [5, 5.41) is 3.57. The summed E-state index contributed by atoms with van der Waals surface area (Å²) in [6.45, 7) is 4.04. The number of amides is 1. The summed E-state index contributed by atoms with van der Waals surface area (Å²) < 4.78 is 0.384. The molecule has 1 aliphatic carbocycles. The highest BCUT2D eigenvalue weighted by molar-refractivity contribution is 8.00. The van der Waals surface area contributed by atoms with Gasteiger partial charge in [0, 0.05) is 23.6 Å². The fourth-order valence-electron chi connectivity index (χ4n) is 3.67. The lowest BCUT2D eigenvalue weighted by Crippen LogP contribution is -2.53. The van der Waals surface area contributed by atoms with Gasteiger partial charge in [0.25, 0.3) is 0 Å². The van der Waals surface area contributed by atoms with Crippen LogP contribution in [0.15, 0.2) is 24.3 Å². The van der Waals surface area contributed by atoms with Crippen molar-refractivity contribution in [1.29, 1.82) is 0 Å². The maximum absolute atomic E-state index is 12.6. The summed E-state index contributed by atoms with van der Waals surface area (Å²) in [6, 6.07) is 7.29. The van der Waals surface area contributed by atoms with E-state index in [1.54, 1.807) is 6.07 Å². The molecule has 1 amide bonds. The van der Waals surface area contributed by atoms with Crippen molar-refractivity contribution in [2.24, 2.45) is 0 Å². The molecule has 1 aliphatic heterocycles. The lowest BCUT2D eigenvalue weighted by atomic mass is 9.87. The Labute approximate surface area is 148 Å². The zero-order chi connectivity index (χ0) is 16.3. The van der Waals surface area contributed by atoms with E-state index in [2.05, 4.69) is 22.0 Å². The number of carbonyl (C=O) groups is 1. The first kappa shape index (κ1) is 17.1. The molecule has 3 nitrogen and oxygen atoms in total. The van der Waals surface area contributed by atoms with Crippen LogP contribution >= 0.6 is 23.4 Å². The average Bonchev–Trinajstić information content (AvgIpc) is 2.57. The van der Waals surface area contributed by atoms with E-state index in [0.717, 1.165) is 18.8 Å². The maximum Gasteiger partial charge on any atom is 0.241 e. The molecule has 0 radical (unpaired) electrons. The molecule has 1 atom stereocenters. The topological polar surface area (TPSA) is 32.3 Å². The minimum atomic E-state index is -0.119. The Morgan fingerprint density at radius 1 is 1.30 bits per heavy atom. The smallest absolute Gasteiger partial charge is 0.241 e. The van der Waals surface area contributed by atoms with Crippen molar-refractivity contribution in [3.05, 3.63) is 29.3 Å². The molecule has 1 saturated heterocycles. The largest absolute Gasteiger partial charge is 0.323 e. The highest BCUT2D eigenvalue weighted by atomic mass is 35.5. The summed E-state index contributed by atoms with van der Waals surface area (Å²) in [6.07, 6.45) is 6.63. The first-order valence-corrected chi connectivity index (χ1v) is 9.89. The van der Waals surface area contributed by atoms with E-state index in [4.69, 9.17) is 11.6 Å². The molecule has 1 aromatic carbocycles. The number of para-hydroxylation sites is 1. The number of anilines is 1. The van der Waals surface area contributed by atoms with Crippen LogP contribution in [0.25, 0.3) is 0 Å². The van der Waals surface area contributed by atoms with Crippen molar-refractivity contribution >= 4 is 35.0 Å². The van der Waals surface area contributed by atoms with Crippen molar-refractivity contribution < 1.29 is 4.79 Å². The van der Waals surface area contributed by atoms with Crippen molar-refractivity contribution in [1.82, 2.24) is 4.90 Å². The molecule has 5 heteroatoms. The molecule has 1 N–H and O–H groups in total. The Morgan fingerprint density at radius 2 is 2.04 bits per heavy atom. The van der Waals surface area contributed by atoms with E-state index >= 15 is 0 Å². The molecule has 0 aromatic heterocycles. The quantitative estimate of drug-likeness (QED) is 0.874. The monoisotopic (exact) mass is 352 g/mol. The molecule has 1 unspecified atom stereocenters. The van der Waals surface area contributed by atoms with Gasteiger partial charge in [-0.05, 0) is 31.9 Å². The number of hydrogen-bond acceptors (Lipinski definition) is 3. The normalized spacial score (nSPS) is 22.7. The highest BCUT2D eigenvalue weighted by Gasteiger charge is 2.39. The molecule has 2 fully saturated rings. The molecule has 1 saturated carbocycles. The van der Waals surface area contributed by atoms with Gasteiger partial charge >= 0.3 is 0 Å². The Balaban J connectivity index is 1.63. The van der Waals surface area contributed by atoms with Crippen molar-refractivity contribution in [3.8, 4) is 0 Å². The number of thioether (sulfide) groups is 1. The second kappa shape index (κ2) is 7.45. The Bertz CT molecular complexity index is 554. The van der Waals surface area contributed by atoms with E-state index < -0.39 is 0 Å². The van der Waals surface area contributed by atoms with Gasteiger partial charge in [0.1, 0.15) is 0 Å². The minimum Gasteiger partial charge on any atom is -0.323 e. The third-order valence-corrected chi connectivity index (χ3v) is 6.97.